The molecule has 1 atom stereocenters. The molecule has 0 saturated carbocycles. The summed E-state index contributed by atoms with van der Waals surface area (Å²) in [6.45, 7) is 3.30. The molecule has 0 bridgehead atoms. The van der Waals surface area contributed by atoms with Crippen LogP contribution in [0.5, 0.6) is 5.75 Å². The number of benzene rings is 1. The van der Waals surface area contributed by atoms with Crippen LogP contribution in [0.3, 0.4) is 0 Å². The van der Waals surface area contributed by atoms with Gasteiger partial charge in [0.25, 0.3) is 0 Å². The van der Waals surface area contributed by atoms with Crippen molar-refractivity contribution in [2.75, 3.05) is 20.2 Å². The zero-order valence-electron chi connectivity index (χ0n) is 16.7. The standard InChI is InChI=1S/C22H24N4O3/c1-15-10-20(29-25-15)19-12-23-14-24-22(19)17-4-3-9-26(13-17)21(27)11-16-5-7-18(28-2)8-6-16/h5-8,10,12,14,17H,3-4,9,11,13H2,1-2H3/t17-/m0/s1. The van der Waals surface area contributed by atoms with E-state index in [2.05, 4.69) is 15.1 Å². The van der Waals surface area contributed by atoms with E-state index < -0.39 is 0 Å². The first-order valence-electron chi connectivity index (χ1n) is 9.78. The van der Waals surface area contributed by atoms with E-state index in [0.29, 0.717) is 18.7 Å². The summed E-state index contributed by atoms with van der Waals surface area (Å²) in [6, 6.07) is 9.53. The minimum atomic E-state index is 0.131. The van der Waals surface area contributed by atoms with Crippen LogP contribution in [0.1, 0.15) is 35.7 Å². The molecule has 3 heterocycles. The Labute approximate surface area is 169 Å². The van der Waals surface area contributed by atoms with Crippen molar-refractivity contribution in [2.24, 2.45) is 0 Å². The van der Waals surface area contributed by atoms with Crippen LogP contribution < -0.4 is 4.74 Å². The lowest BCUT2D eigenvalue weighted by Gasteiger charge is -2.33. The molecule has 7 heteroatoms. The highest BCUT2D eigenvalue weighted by Crippen LogP contribution is 2.33. The van der Waals surface area contributed by atoms with Crippen LogP contribution in [-0.4, -0.2) is 46.1 Å². The van der Waals surface area contributed by atoms with Gasteiger partial charge in [0.15, 0.2) is 5.76 Å². The second-order valence-electron chi connectivity index (χ2n) is 7.36. The number of amides is 1. The Morgan fingerprint density at radius 1 is 1.31 bits per heavy atom. The van der Waals surface area contributed by atoms with Crippen LogP contribution in [-0.2, 0) is 11.2 Å². The molecule has 0 spiro atoms. The van der Waals surface area contributed by atoms with E-state index >= 15 is 0 Å². The van der Waals surface area contributed by atoms with E-state index in [9.17, 15) is 4.79 Å². The molecule has 1 saturated heterocycles. The van der Waals surface area contributed by atoms with E-state index in [0.717, 1.165) is 47.7 Å². The fraction of sp³-hybridized carbons (Fsp3) is 0.364. The van der Waals surface area contributed by atoms with Crippen molar-refractivity contribution in [2.45, 2.75) is 32.1 Å². The average molecular weight is 392 g/mol. The van der Waals surface area contributed by atoms with Crippen LogP contribution in [0.15, 0.2) is 47.4 Å². The summed E-state index contributed by atoms with van der Waals surface area (Å²) in [5.41, 5.74) is 3.56. The van der Waals surface area contributed by atoms with Crippen LogP contribution in [0.25, 0.3) is 11.3 Å². The minimum absolute atomic E-state index is 0.131. The summed E-state index contributed by atoms with van der Waals surface area (Å²) in [5.74, 6) is 1.73. The summed E-state index contributed by atoms with van der Waals surface area (Å²) in [6.07, 6.45) is 5.62. The largest absolute Gasteiger partial charge is 0.497 e. The topological polar surface area (TPSA) is 81.4 Å². The number of ether oxygens (including phenoxy) is 1. The van der Waals surface area contributed by atoms with Crippen molar-refractivity contribution in [3.05, 3.63) is 59.8 Å². The van der Waals surface area contributed by atoms with Crippen LogP contribution in [0.4, 0.5) is 0 Å². The van der Waals surface area contributed by atoms with Crippen molar-refractivity contribution in [3.63, 3.8) is 0 Å². The van der Waals surface area contributed by atoms with Gasteiger partial charge in [0, 0.05) is 31.3 Å². The number of nitrogens with zero attached hydrogens (tertiary/aromatic N) is 4. The van der Waals surface area contributed by atoms with E-state index in [1.165, 1.54) is 0 Å². The third kappa shape index (κ3) is 4.29. The van der Waals surface area contributed by atoms with Crippen molar-refractivity contribution in [3.8, 4) is 17.1 Å². The molecule has 4 rings (SSSR count). The second-order valence-corrected chi connectivity index (χ2v) is 7.36. The highest BCUT2D eigenvalue weighted by atomic mass is 16.5. The van der Waals surface area contributed by atoms with Gasteiger partial charge in [-0.3, -0.25) is 4.79 Å². The Balaban J connectivity index is 1.49. The van der Waals surface area contributed by atoms with E-state index in [1.54, 1.807) is 19.6 Å². The summed E-state index contributed by atoms with van der Waals surface area (Å²) in [7, 11) is 1.63. The van der Waals surface area contributed by atoms with Gasteiger partial charge >= 0.3 is 0 Å². The number of piperidine rings is 1. The van der Waals surface area contributed by atoms with Crippen molar-refractivity contribution in [1.82, 2.24) is 20.0 Å². The van der Waals surface area contributed by atoms with Gasteiger partial charge in [-0.05, 0) is 37.5 Å². The van der Waals surface area contributed by atoms with Gasteiger partial charge in [0.05, 0.1) is 30.5 Å². The third-order valence-corrected chi connectivity index (χ3v) is 5.31. The lowest BCUT2D eigenvalue weighted by atomic mass is 9.91. The molecule has 7 nitrogen and oxygen atoms in total. The van der Waals surface area contributed by atoms with E-state index in [1.807, 2.05) is 42.2 Å². The third-order valence-electron chi connectivity index (χ3n) is 5.31. The number of hydrogen-bond acceptors (Lipinski definition) is 6. The molecular weight excluding hydrogens is 368 g/mol. The number of hydrogen-bond donors (Lipinski definition) is 0. The summed E-state index contributed by atoms with van der Waals surface area (Å²) in [5, 5.41) is 3.98. The predicted octanol–water partition coefficient (Wildman–Crippen LogP) is 3.40. The van der Waals surface area contributed by atoms with Crippen molar-refractivity contribution >= 4 is 5.91 Å². The fourth-order valence-corrected chi connectivity index (χ4v) is 3.80. The molecule has 1 aromatic carbocycles. The molecule has 1 aliphatic heterocycles. The van der Waals surface area contributed by atoms with Gasteiger partial charge in [-0.15, -0.1) is 0 Å². The van der Waals surface area contributed by atoms with Crippen LogP contribution >= 0.6 is 0 Å². The normalized spacial score (nSPS) is 16.6. The Bertz CT molecular complexity index is 984. The molecule has 3 aromatic rings. The zero-order chi connectivity index (χ0) is 20.2. The first-order valence-corrected chi connectivity index (χ1v) is 9.78. The maximum atomic E-state index is 12.9. The minimum Gasteiger partial charge on any atom is -0.497 e. The number of aromatic nitrogens is 3. The van der Waals surface area contributed by atoms with Crippen LogP contribution in [0.2, 0.25) is 0 Å². The zero-order valence-corrected chi connectivity index (χ0v) is 16.7. The molecule has 1 fully saturated rings. The predicted molar refractivity (Wildman–Crippen MR) is 108 cm³/mol. The van der Waals surface area contributed by atoms with Gasteiger partial charge in [-0.25, -0.2) is 9.97 Å². The first-order chi connectivity index (χ1) is 14.1. The van der Waals surface area contributed by atoms with Gasteiger partial charge in [-0.2, -0.15) is 0 Å². The molecule has 0 unspecified atom stereocenters. The van der Waals surface area contributed by atoms with Crippen molar-refractivity contribution < 1.29 is 14.1 Å². The summed E-state index contributed by atoms with van der Waals surface area (Å²) < 4.78 is 10.6. The number of likely N-dealkylation sites (tertiary alicyclic amines) is 1. The van der Waals surface area contributed by atoms with E-state index in [4.69, 9.17) is 9.26 Å². The number of carbonyl (C=O) groups is 1. The Hall–Kier alpha value is -3.22. The smallest absolute Gasteiger partial charge is 0.227 e. The average Bonchev–Trinajstić information content (AvgIpc) is 3.20. The number of methoxy groups -OCH3 is 1. The SMILES string of the molecule is COc1ccc(CC(=O)N2CCC[C@H](c3ncncc3-c3cc(C)no3)C2)cc1. The van der Waals surface area contributed by atoms with Crippen molar-refractivity contribution in [1.29, 1.82) is 0 Å². The van der Waals surface area contributed by atoms with Gasteiger partial charge in [0.1, 0.15) is 12.1 Å². The molecule has 1 aliphatic rings. The van der Waals surface area contributed by atoms with Gasteiger partial charge in [-0.1, -0.05) is 17.3 Å². The lowest BCUT2D eigenvalue weighted by Crippen LogP contribution is -2.40. The summed E-state index contributed by atoms with van der Waals surface area (Å²) in [4.78, 5) is 23.5. The summed E-state index contributed by atoms with van der Waals surface area (Å²) >= 11 is 0. The quantitative estimate of drug-likeness (QED) is 0.662. The van der Waals surface area contributed by atoms with Gasteiger partial charge in [0.2, 0.25) is 5.91 Å². The maximum absolute atomic E-state index is 12.9. The van der Waals surface area contributed by atoms with E-state index in [-0.39, 0.29) is 11.8 Å². The first kappa shape index (κ1) is 19.1. The molecule has 2 aromatic heterocycles. The molecular formula is C22H24N4O3. The van der Waals surface area contributed by atoms with Crippen LogP contribution in [0, 0.1) is 6.92 Å². The molecule has 0 N–H and O–H groups in total. The number of aryl methyl sites for hydroxylation is 1. The number of carbonyl (C=O) groups excluding carboxylic acids is 1. The van der Waals surface area contributed by atoms with Gasteiger partial charge < -0.3 is 14.2 Å². The molecule has 29 heavy (non-hydrogen) atoms. The fourth-order valence-electron chi connectivity index (χ4n) is 3.80. The molecule has 0 aliphatic carbocycles. The Kier molecular flexibility index (Phi) is 5.55. The lowest BCUT2D eigenvalue weighted by molar-refractivity contribution is -0.131. The number of rotatable bonds is 5. The Morgan fingerprint density at radius 2 is 2.14 bits per heavy atom. The maximum Gasteiger partial charge on any atom is 0.227 e. The monoisotopic (exact) mass is 392 g/mol. The Morgan fingerprint density at radius 3 is 2.86 bits per heavy atom. The molecule has 1 amide bonds. The molecule has 150 valence electrons. The highest BCUT2D eigenvalue weighted by molar-refractivity contribution is 5.79. The highest BCUT2D eigenvalue weighted by Gasteiger charge is 2.28. The molecule has 0 radical (unpaired) electrons. The second kappa shape index (κ2) is 8.43.